The first kappa shape index (κ1) is 17.7. The van der Waals surface area contributed by atoms with Crippen LogP contribution in [0.1, 0.15) is 54.4 Å². The fraction of sp³-hybridized carbons (Fsp3) is 0.579. The molecule has 0 aromatic heterocycles. The van der Waals surface area contributed by atoms with Crippen LogP contribution in [0.4, 0.5) is 0 Å². The van der Waals surface area contributed by atoms with Crippen molar-refractivity contribution in [3.8, 4) is 0 Å². The molecule has 4 nitrogen and oxygen atoms in total. The van der Waals surface area contributed by atoms with E-state index < -0.39 is 11.4 Å². The van der Waals surface area contributed by atoms with Gasteiger partial charge < -0.3 is 9.84 Å². The van der Waals surface area contributed by atoms with E-state index in [9.17, 15) is 14.7 Å². The van der Waals surface area contributed by atoms with Gasteiger partial charge in [0.1, 0.15) is 11.2 Å². The summed E-state index contributed by atoms with van der Waals surface area (Å²) in [5.74, 6) is -1.61. The number of carbonyl (C=O) groups is 2. The molecule has 3 atom stereocenters. The number of ketones is 1. The van der Waals surface area contributed by atoms with Crippen molar-refractivity contribution >= 4 is 11.8 Å². The van der Waals surface area contributed by atoms with Crippen LogP contribution in [0.15, 0.2) is 12.1 Å². The number of aliphatic carboxylic acids is 1. The van der Waals surface area contributed by atoms with E-state index in [4.69, 9.17) is 4.74 Å². The van der Waals surface area contributed by atoms with Crippen molar-refractivity contribution in [3.63, 3.8) is 0 Å². The number of hydrogen-bond donors (Lipinski definition) is 1. The quantitative estimate of drug-likeness (QED) is 0.862. The Morgan fingerprint density at radius 3 is 2.17 bits per heavy atom. The second kappa shape index (κ2) is 6.44. The van der Waals surface area contributed by atoms with E-state index >= 15 is 0 Å². The molecule has 1 aliphatic carbocycles. The number of carboxylic acid groups (broad SMARTS) is 1. The highest BCUT2D eigenvalue weighted by atomic mass is 16.5. The Balaban J connectivity index is 2.63. The van der Waals surface area contributed by atoms with Crippen LogP contribution < -0.4 is 0 Å². The topological polar surface area (TPSA) is 63.6 Å². The highest BCUT2D eigenvalue weighted by Gasteiger charge is 2.54. The summed E-state index contributed by atoms with van der Waals surface area (Å²) in [6, 6.07) is 4.13. The highest BCUT2D eigenvalue weighted by Crippen LogP contribution is 2.50. The summed E-state index contributed by atoms with van der Waals surface area (Å²) in [6.07, 6.45) is 1.48. The van der Waals surface area contributed by atoms with Crippen molar-refractivity contribution in [2.75, 3.05) is 7.11 Å². The molecule has 0 aliphatic heterocycles. The normalized spacial score (nSPS) is 27.7. The molecule has 1 aromatic rings. The Hall–Kier alpha value is -1.68. The smallest absolute Gasteiger partial charge is 0.317 e. The first-order valence-electron chi connectivity index (χ1n) is 8.09. The number of ether oxygens (including phenoxy) is 1. The molecule has 1 N–H and O–H groups in total. The van der Waals surface area contributed by atoms with Gasteiger partial charge >= 0.3 is 5.97 Å². The van der Waals surface area contributed by atoms with Crippen molar-refractivity contribution < 1.29 is 19.4 Å². The molecule has 126 valence electrons. The zero-order chi connectivity index (χ0) is 17.4. The minimum atomic E-state index is -1.40. The summed E-state index contributed by atoms with van der Waals surface area (Å²) in [7, 11) is 1.58. The summed E-state index contributed by atoms with van der Waals surface area (Å²) in [5, 5.41) is 9.96. The lowest BCUT2D eigenvalue weighted by Gasteiger charge is -2.43. The molecule has 1 aliphatic rings. The van der Waals surface area contributed by atoms with Crippen molar-refractivity contribution in [1.82, 2.24) is 0 Å². The highest BCUT2D eigenvalue weighted by molar-refractivity contribution is 6.03. The van der Waals surface area contributed by atoms with Crippen LogP contribution >= 0.6 is 0 Å². The van der Waals surface area contributed by atoms with Gasteiger partial charge in [-0.2, -0.15) is 0 Å². The van der Waals surface area contributed by atoms with Gasteiger partial charge in [0.15, 0.2) is 0 Å². The molecule has 0 spiro atoms. The van der Waals surface area contributed by atoms with Gasteiger partial charge in [-0.3, -0.25) is 9.59 Å². The molecule has 1 saturated carbocycles. The fourth-order valence-electron chi connectivity index (χ4n) is 4.31. The van der Waals surface area contributed by atoms with E-state index in [1.165, 1.54) is 6.92 Å². The number of aryl methyl sites for hydroxylation is 3. The molecule has 3 unspecified atom stereocenters. The van der Waals surface area contributed by atoms with Gasteiger partial charge in [-0.25, -0.2) is 0 Å². The van der Waals surface area contributed by atoms with Gasteiger partial charge in [-0.15, -0.1) is 0 Å². The van der Waals surface area contributed by atoms with Crippen LogP contribution in [0.5, 0.6) is 0 Å². The monoisotopic (exact) mass is 318 g/mol. The molecule has 2 rings (SSSR count). The van der Waals surface area contributed by atoms with Gasteiger partial charge in [-0.1, -0.05) is 17.7 Å². The van der Waals surface area contributed by atoms with Crippen LogP contribution in [0, 0.1) is 26.2 Å². The molecule has 0 saturated heterocycles. The molecule has 23 heavy (non-hydrogen) atoms. The maximum absolute atomic E-state index is 12.5. The molecule has 0 heterocycles. The van der Waals surface area contributed by atoms with Gasteiger partial charge in [-0.05, 0) is 63.6 Å². The van der Waals surface area contributed by atoms with Gasteiger partial charge in [0.05, 0.1) is 6.10 Å². The lowest BCUT2D eigenvalue weighted by atomic mass is 9.60. The minimum absolute atomic E-state index is 0.183. The minimum Gasteiger partial charge on any atom is -0.480 e. The molecule has 0 amide bonds. The lowest BCUT2D eigenvalue weighted by molar-refractivity contribution is -0.162. The molecule has 0 bridgehead atoms. The summed E-state index contributed by atoms with van der Waals surface area (Å²) in [4.78, 5) is 24.6. The summed E-state index contributed by atoms with van der Waals surface area (Å²) >= 11 is 0. The number of benzene rings is 1. The second-order valence-electron chi connectivity index (χ2n) is 6.84. The summed E-state index contributed by atoms with van der Waals surface area (Å²) < 4.78 is 5.39. The Morgan fingerprint density at radius 1 is 1.17 bits per heavy atom. The lowest BCUT2D eigenvalue weighted by Crippen LogP contribution is -2.49. The third-order valence-electron chi connectivity index (χ3n) is 5.35. The number of rotatable bonds is 4. The predicted octanol–water partition coefficient (Wildman–Crippen LogP) is 3.55. The van der Waals surface area contributed by atoms with Crippen LogP contribution in [0.25, 0.3) is 0 Å². The number of carbonyl (C=O) groups excluding carboxylic acids is 1. The van der Waals surface area contributed by atoms with Crippen LogP contribution in [0.2, 0.25) is 0 Å². The maximum atomic E-state index is 12.5. The average Bonchev–Trinajstić information content (AvgIpc) is 2.45. The predicted molar refractivity (Wildman–Crippen MR) is 88.8 cm³/mol. The largest absolute Gasteiger partial charge is 0.480 e. The van der Waals surface area contributed by atoms with Gasteiger partial charge in [0.2, 0.25) is 0 Å². The number of Topliss-reactive ketones (excluding diaryl/α,β-unsaturated/α-hetero) is 1. The second-order valence-corrected chi connectivity index (χ2v) is 6.84. The Bertz CT molecular complexity index is 595. The molecule has 0 radical (unpaired) electrons. The fourth-order valence-corrected chi connectivity index (χ4v) is 4.31. The third-order valence-corrected chi connectivity index (χ3v) is 5.35. The third kappa shape index (κ3) is 2.92. The summed E-state index contributed by atoms with van der Waals surface area (Å²) in [5.41, 5.74) is 2.90. The van der Waals surface area contributed by atoms with Crippen molar-refractivity contribution in [2.24, 2.45) is 5.41 Å². The van der Waals surface area contributed by atoms with Crippen LogP contribution in [-0.2, 0) is 14.3 Å². The number of methoxy groups -OCH3 is 1. The van der Waals surface area contributed by atoms with E-state index in [2.05, 4.69) is 12.1 Å². The number of hydrogen-bond acceptors (Lipinski definition) is 3. The Labute approximate surface area is 137 Å². The van der Waals surface area contributed by atoms with Crippen molar-refractivity contribution in [3.05, 3.63) is 34.4 Å². The van der Waals surface area contributed by atoms with E-state index in [1.807, 2.05) is 20.8 Å². The molecule has 4 heteroatoms. The van der Waals surface area contributed by atoms with E-state index in [1.54, 1.807) is 7.11 Å². The van der Waals surface area contributed by atoms with E-state index in [0.717, 1.165) is 28.7 Å². The average molecular weight is 318 g/mol. The van der Waals surface area contributed by atoms with E-state index in [-0.39, 0.29) is 24.2 Å². The van der Waals surface area contributed by atoms with Crippen molar-refractivity contribution in [2.45, 2.75) is 59.0 Å². The molecule has 1 aromatic carbocycles. The summed E-state index contributed by atoms with van der Waals surface area (Å²) in [6.45, 7) is 7.44. The zero-order valence-electron chi connectivity index (χ0n) is 14.6. The number of carboxylic acids is 1. The first-order chi connectivity index (χ1) is 10.7. The maximum Gasteiger partial charge on any atom is 0.317 e. The Kier molecular flexibility index (Phi) is 4.95. The first-order valence-corrected chi connectivity index (χ1v) is 8.09. The van der Waals surface area contributed by atoms with E-state index in [0.29, 0.717) is 6.42 Å². The molecular formula is C19H26O4. The molecular weight excluding hydrogens is 292 g/mol. The van der Waals surface area contributed by atoms with Gasteiger partial charge in [0, 0.05) is 13.0 Å². The molecule has 1 fully saturated rings. The SMILES string of the molecule is COC1CCC(c2c(C)cc(C)cc2C)C(C(C)=O)(C(=O)O)C1. The van der Waals surface area contributed by atoms with Crippen molar-refractivity contribution in [1.29, 1.82) is 0 Å². The Morgan fingerprint density at radius 2 is 1.74 bits per heavy atom. The van der Waals surface area contributed by atoms with Crippen LogP contribution in [-0.4, -0.2) is 30.1 Å². The van der Waals surface area contributed by atoms with Crippen LogP contribution in [0.3, 0.4) is 0 Å². The standard InChI is InChI=1S/C19H26O4/c1-11-8-12(2)17(13(3)9-11)16-7-6-15(23-5)10-19(16,14(4)20)18(21)22/h8-9,15-16H,6-7,10H2,1-5H3,(H,21,22). The zero-order valence-corrected chi connectivity index (χ0v) is 14.6. The van der Waals surface area contributed by atoms with Gasteiger partial charge in [0.25, 0.3) is 0 Å².